The first-order valence-electron chi connectivity index (χ1n) is 5.49. The van der Waals surface area contributed by atoms with Gasteiger partial charge >= 0.3 is 5.97 Å². The van der Waals surface area contributed by atoms with Crippen LogP contribution in [0.5, 0.6) is 0 Å². The molecule has 2 atom stereocenters. The van der Waals surface area contributed by atoms with Crippen LogP contribution in [0.3, 0.4) is 0 Å². The number of hydrogen-bond donors (Lipinski definition) is 1. The molecule has 18 heavy (non-hydrogen) atoms. The average molecular weight is 265 g/mol. The molecule has 2 unspecified atom stereocenters. The number of nitrogens with zero attached hydrogens (tertiary/aromatic N) is 1. The maximum Gasteiger partial charge on any atom is 0.324 e. The van der Waals surface area contributed by atoms with Crippen LogP contribution < -0.4 is 0 Å². The molecule has 0 amide bonds. The van der Waals surface area contributed by atoms with E-state index in [-0.39, 0.29) is 11.9 Å². The van der Waals surface area contributed by atoms with E-state index in [0.717, 1.165) is 5.56 Å². The molecule has 0 aliphatic carbocycles. The molecule has 1 N–H and O–H groups in total. The van der Waals surface area contributed by atoms with Crippen molar-refractivity contribution in [3.63, 3.8) is 0 Å². The first-order valence-corrected chi connectivity index (χ1v) is 6.54. The number of aliphatic hydroxyl groups is 1. The summed E-state index contributed by atoms with van der Waals surface area (Å²) in [6, 6.07) is 11.3. The number of carbonyl (C=O) groups is 1. The minimum atomic E-state index is -0.867. The first-order chi connectivity index (χ1) is 8.74. The van der Waals surface area contributed by atoms with Gasteiger partial charge in [-0.25, -0.2) is 0 Å². The van der Waals surface area contributed by atoms with Crippen LogP contribution in [0, 0.1) is 17.2 Å². The van der Waals surface area contributed by atoms with Gasteiger partial charge in [-0.1, -0.05) is 30.3 Å². The van der Waals surface area contributed by atoms with Gasteiger partial charge in [0.15, 0.2) is 5.92 Å². The van der Waals surface area contributed by atoms with Crippen LogP contribution in [0.1, 0.15) is 10.8 Å². The molecule has 0 aliphatic heterocycles. The third-order valence-electron chi connectivity index (χ3n) is 2.41. The summed E-state index contributed by atoms with van der Waals surface area (Å²) in [5.41, 5.74) is 0.882. The average Bonchev–Trinajstić information content (AvgIpc) is 2.43. The van der Waals surface area contributed by atoms with Gasteiger partial charge in [0, 0.05) is 5.75 Å². The molecule has 0 aromatic heterocycles. The van der Waals surface area contributed by atoms with Gasteiger partial charge in [0.1, 0.15) is 0 Å². The maximum atomic E-state index is 11.6. The lowest BCUT2D eigenvalue weighted by Gasteiger charge is -2.19. The zero-order valence-electron chi connectivity index (χ0n) is 10.1. The van der Waals surface area contributed by atoms with Gasteiger partial charge in [-0.3, -0.25) is 4.79 Å². The Hall–Kier alpha value is -1.51. The summed E-state index contributed by atoms with van der Waals surface area (Å²) in [5, 5.41) is 17.7. The summed E-state index contributed by atoms with van der Waals surface area (Å²) in [6.07, 6.45) is 0. The number of benzene rings is 1. The van der Waals surface area contributed by atoms with Crippen molar-refractivity contribution in [1.82, 2.24) is 0 Å². The fourth-order valence-electron chi connectivity index (χ4n) is 1.58. The van der Waals surface area contributed by atoms with Crippen LogP contribution in [-0.2, 0) is 9.53 Å². The van der Waals surface area contributed by atoms with Gasteiger partial charge in [-0.05, 0) is 5.56 Å². The number of ether oxygens (including phenoxy) is 1. The Labute approximate surface area is 111 Å². The molecule has 1 rings (SSSR count). The van der Waals surface area contributed by atoms with E-state index in [4.69, 9.17) is 10.4 Å². The number of carbonyl (C=O) groups excluding carboxylic acids is 1. The van der Waals surface area contributed by atoms with Crippen molar-refractivity contribution < 1.29 is 14.6 Å². The van der Waals surface area contributed by atoms with Crippen LogP contribution in [0.25, 0.3) is 0 Å². The summed E-state index contributed by atoms with van der Waals surface area (Å²) in [4.78, 5) is 11.6. The summed E-state index contributed by atoms with van der Waals surface area (Å²) in [6.45, 7) is 0.00726. The van der Waals surface area contributed by atoms with Crippen molar-refractivity contribution >= 4 is 17.7 Å². The molecule has 0 heterocycles. The Morgan fingerprint density at radius 1 is 1.50 bits per heavy atom. The predicted octanol–water partition coefficient (Wildman–Crippen LogP) is 1.77. The molecular weight excluding hydrogens is 250 g/mol. The number of aliphatic hydroxyl groups excluding tert-OH is 1. The smallest absolute Gasteiger partial charge is 0.324 e. The lowest BCUT2D eigenvalue weighted by atomic mass is 10.00. The highest BCUT2D eigenvalue weighted by molar-refractivity contribution is 7.99. The highest BCUT2D eigenvalue weighted by Gasteiger charge is 2.30. The van der Waals surface area contributed by atoms with E-state index in [1.54, 1.807) is 0 Å². The lowest BCUT2D eigenvalue weighted by molar-refractivity contribution is -0.143. The van der Waals surface area contributed by atoms with Crippen molar-refractivity contribution in [2.24, 2.45) is 5.92 Å². The molecule has 5 heteroatoms. The molecule has 96 valence electrons. The minimum Gasteiger partial charge on any atom is -0.468 e. The Kier molecular flexibility index (Phi) is 6.26. The highest BCUT2D eigenvalue weighted by Crippen LogP contribution is 2.36. The lowest BCUT2D eigenvalue weighted by Crippen LogP contribution is -2.21. The number of nitriles is 1. The molecule has 1 aromatic carbocycles. The quantitative estimate of drug-likeness (QED) is 0.794. The molecule has 4 nitrogen and oxygen atoms in total. The molecule has 0 fully saturated rings. The van der Waals surface area contributed by atoms with Crippen LogP contribution in [-0.4, -0.2) is 30.5 Å². The second-order valence-corrected chi connectivity index (χ2v) is 4.81. The van der Waals surface area contributed by atoms with E-state index in [2.05, 4.69) is 4.74 Å². The van der Waals surface area contributed by atoms with Gasteiger partial charge in [-0.2, -0.15) is 5.26 Å². The third-order valence-corrected chi connectivity index (χ3v) is 3.74. The SMILES string of the molecule is COC(=O)C(C#N)C(SCCO)c1ccccc1. The second kappa shape index (κ2) is 7.75. The zero-order valence-corrected chi connectivity index (χ0v) is 10.9. The number of thioether (sulfide) groups is 1. The third kappa shape index (κ3) is 3.76. The molecule has 0 aliphatic rings. The first kappa shape index (κ1) is 14.6. The Morgan fingerprint density at radius 2 is 2.17 bits per heavy atom. The minimum absolute atomic E-state index is 0.00726. The van der Waals surface area contributed by atoms with Crippen LogP contribution in [0.4, 0.5) is 0 Å². The zero-order chi connectivity index (χ0) is 13.4. The van der Waals surface area contributed by atoms with Crippen molar-refractivity contribution in [3.8, 4) is 6.07 Å². The summed E-state index contributed by atoms with van der Waals surface area (Å²) in [7, 11) is 1.27. The Bertz CT molecular complexity index is 416. The summed E-state index contributed by atoms with van der Waals surface area (Å²) in [5.74, 6) is -0.944. The number of esters is 1. The van der Waals surface area contributed by atoms with E-state index in [1.807, 2.05) is 36.4 Å². The van der Waals surface area contributed by atoms with Gasteiger partial charge in [-0.15, -0.1) is 11.8 Å². The van der Waals surface area contributed by atoms with E-state index in [1.165, 1.54) is 18.9 Å². The number of methoxy groups -OCH3 is 1. The molecule has 0 spiro atoms. The monoisotopic (exact) mass is 265 g/mol. The Balaban J connectivity index is 2.97. The van der Waals surface area contributed by atoms with Crippen molar-refractivity contribution in [1.29, 1.82) is 5.26 Å². The van der Waals surface area contributed by atoms with Gasteiger partial charge in [0.25, 0.3) is 0 Å². The van der Waals surface area contributed by atoms with Gasteiger partial charge in [0.05, 0.1) is 25.0 Å². The van der Waals surface area contributed by atoms with Crippen LogP contribution in [0.2, 0.25) is 0 Å². The molecule has 0 saturated heterocycles. The molecule has 0 saturated carbocycles. The van der Waals surface area contributed by atoms with Crippen molar-refractivity contribution in [2.75, 3.05) is 19.5 Å². The maximum absolute atomic E-state index is 11.6. The largest absolute Gasteiger partial charge is 0.468 e. The van der Waals surface area contributed by atoms with E-state index >= 15 is 0 Å². The fourth-order valence-corrected chi connectivity index (χ4v) is 2.65. The fraction of sp³-hybridized carbons (Fsp3) is 0.385. The summed E-state index contributed by atoms with van der Waals surface area (Å²) < 4.78 is 4.65. The Morgan fingerprint density at radius 3 is 2.67 bits per heavy atom. The molecule has 0 radical (unpaired) electrons. The van der Waals surface area contributed by atoms with E-state index in [9.17, 15) is 4.79 Å². The number of hydrogen-bond acceptors (Lipinski definition) is 5. The normalized spacial score (nSPS) is 13.4. The summed E-state index contributed by atoms with van der Waals surface area (Å²) >= 11 is 1.38. The van der Waals surface area contributed by atoms with Gasteiger partial charge < -0.3 is 9.84 Å². The highest BCUT2D eigenvalue weighted by atomic mass is 32.2. The molecule has 0 bridgehead atoms. The second-order valence-electron chi connectivity index (χ2n) is 3.56. The topological polar surface area (TPSA) is 70.3 Å². The van der Waals surface area contributed by atoms with Crippen LogP contribution >= 0.6 is 11.8 Å². The number of rotatable bonds is 6. The van der Waals surface area contributed by atoms with Gasteiger partial charge in [0.2, 0.25) is 0 Å². The van der Waals surface area contributed by atoms with Crippen molar-refractivity contribution in [3.05, 3.63) is 35.9 Å². The van der Waals surface area contributed by atoms with E-state index < -0.39 is 11.9 Å². The van der Waals surface area contributed by atoms with Crippen LogP contribution in [0.15, 0.2) is 30.3 Å². The molecule has 1 aromatic rings. The van der Waals surface area contributed by atoms with E-state index in [0.29, 0.717) is 5.75 Å². The molecular formula is C13H15NO3S. The van der Waals surface area contributed by atoms with Crippen molar-refractivity contribution in [2.45, 2.75) is 5.25 Å². The standard InChI is InChI=1S/C13H15NO3S/c1-17-13(16)11(9-14)12(18-8-7-15)10-5-3-2-4-6-10/h2-6,11-12,15H,7-8H2,1H3. The predicted molar refractivity (Wildman–Crippen MR) is 69.8 cm³/mol.